The van der Waals surface area contributed by atoms with E-state index in [4.69, 9.17) is 9.84 Å². The van der Waals surface area contributed by atoms with Crippen LogP contribution in [0, 0.1) is 5.92 Å². The summed E-state index contributed by atoms with van der Waals surface area (Å²) in [5, 5.41) is 9.08. The predicted octanol–water partition coefficient (Wildman–Crippen LogP) is 0.510. The number of aliphatic hydroxyl groups excluding tert-OH is 1. The van der Waals surface area contributed by atoms with Gasteiger partial charge < -0.3 is 19.6 Å². The van der Waals surface area contributed by atoms with Crippen molar-refractivity contribution < 1.29 is 14.6 Å². The molecule has 2 heterocycles. The number of ether oxygens (including phenoxy) is 1. The van der Waals surface area contributed by atoms with Gasteiger partial charge in [-0.25, -0.2) is 0 Å². The molecule has 3 rings (SSSR count). The molecule has 0 saturated carbocycles. The summed E-state index contributed by atoms with van der Waals surface area (Å²) >= 11 is 0. The van der Waals surface area contributed by atoms with E-state index in [2.05, 4.69) is 11.9 Å². The van der Waals surface area contributed by atoms with Gasteiger partial charge in [-0.1, -0.05) is 24.3 Å². The van der Waals surface area contributed by atoms with Gasteiger partial charge in [-0.15, -0.1) is 0 Å². The van der Waals surface area contributed by atoms with Crippen molar-refractivity contribution in [2.24, 2.45) is 5.92 Å². The average molecular weight is 304 g/mol. The van der Waals surface area contributed by atoms with Gasteiger partial charge >= 0.3 is 0 Å². The molecule has 1 amide bonds. The maximum atomic E-state index is 12.7. The fraction of sp³-hybridized carbons (Fsp3) is 0.588. The van der Waals surface area contributed by atoms with Gasteiger partial charge in [0.1, 0.15) is 0 Å². The SMILES string of the molecule is CN1C[C@@H]2COC[C@H](C1)N(C(=O)Cc1ccc(CO)cc1)C2. The summed E-state index contributed by atoms with van der Waals surface area (Å²) in [6, 6.07) is 7.76. The number of hydrogen-bond acceptors (Lipinski definition) is 4. The van der Waals surface area contributed by atoms with Crippen LogP contribution in [0.25, 0.3) is 0 Å². The molecule has 2 bridgehead atoms. The molecule has 0 radical (unpaired) electrons. The molecule has 2 atom stereocenters. The van der Waals surface area contributed by atoms with E-state index in [1.54, 1.807) is 0 Å². The van der Waals surface area contributed by atoms with Gasteiger partial charge in [-0.3, -0.25) is 4.79 Å². The quantitative estimate of drug-likeness (QED) is 0.884. The number of carbonyl (C=O) groups excluding carboxylic acids is 1. The van der Waals surface area contributed by atoms with E-state index in [1.807, 2.05) is 29.2 Å². The van der Waals surface area contributed by atoms with Crippen LogP contribution >= 0.6 is 0 Å². The molecule has 0 spiro atoms. The Bertz CT molecular complexity index is 517. The molecule has 120 valence electrons. The number of carbonyl (C=O) groups is 1. The molecule has 1 aromatic rings. The second-order valence-electron chi connectivity index (χ2n) is 6.48. The highest BCUT2D eigenvalue weighted by atomic mass is 16.5. The van der Waals surface area contributed by atoms with E-state index in [9.17, 15) is 4.79 Å². The number of hydrogen-bond donors (Lipinski definition) is 1. The molecule has 2 aliphatic rings. The fourth-order valence-corrected chi connectivity index (χ4v) is 3.42. The second-order valence-corrected chi connectivity index (χ2v) is 6.48. The van der Waals surface area contributed by atoms with E-state index >= 15 is 0 Å². The molecule has 1 aromatic carbocycles. The highest BCUT2D eigenvalue weighted by Gasteiger charge is 2.34. The van der Waals surface area contributed by atoms with Crippen LogP contribution in [0.4, 0.5) is 0 Å². The molecular weight excluding hydrogens is 280 g/mol. The van der Waals surface area contributed by atoms with Crippen LogP contribution in [0.3, 0.4) is 0 Å². The summed E-state index contributed by atoms with van der Waals surface area (Å²) < 4.78 is 5.72. The van der Waals surface area contributed by atoms with Crippen LogP contribution in [-0.2, 0) is 22.6 Å². The number of fused-ring (bicyclic) bond motifs is 3. The third-order valence-corrected chi connectivity index (χ3v) is 4.53. The van der Waals surface area contributed by atoms with Gasteiger partial charge in [0.25, 0.3) is 0 Å². The number of likely N-dealkylation sites (N-methyl/N-ethyl adjacent to an activating group) is 1. The Morgan fingerprint density at radius 2 is 1.91 bits per heavy atom. The zero-order chi connectivity index (χ0) is 15.5. The van der Waals surface area contributed by atoms with Crippen molar-refractivity contribution in [3.63, 3.8) is 0 Å². The summed E-state index contributed by atoms with van der Waals surface area (Å²) in [5.74, 6) is 0.575. The zero-order valence-electron chi connectivity index (χ0n) is 13.1. The van der Waals surface area contributed by atoms with Gasteiger partial charge in [0.15, 0.2) is 0 Å². The van der Waals surface area contributed by atoms with Gasteiger partial charge in [0.2, 0.25) is 5.91 Å². The van der Waals surface area contributed by atoms with Gasteiger partial charge in [-0.2, -0.15) is 0 Å². The third-order valence-electron chi connectivity index (χ3n) is 4.53. The molecular formula is C17H24N2O3. The van der Waals surface area contributed by atoms with E-state index in [-0.39, 0.29) is 18.6 Å². The molecule has 1 N–H and O–H groups in total. The maximum Gasteiger partial charge on any atom is 0.227 e. The van der Waals surface area contributed by atoms with Crippen LogP contribution < -0.4 is 0 Å². The van der Waals surface area contributed by atoms with E-state index < -0.39 is 0 Å². The normalized spacial score (nSPS) is 25.8. The first kappa shape index (κ1) is 15.5. The molecule has 0 aliphatic carbocycles. The Labute approximate surface area is 131 Å². The predicted molar refractivity (Wildman–Crippen MR) is 83.4 cm³/mol. The molecule has 2 saturated heterocycles. The standard InChI is InChI=1S/C17H24N2O3/c1-18-7-15-8-19(16(9-18)12-22-11-15)17(21)6-13-2-4-14(10-20)5-3-13/h2-5,15-16,20H,6-12H2,1H3/t15-,16-/m0/s1. The summed E-state index contributed by atoms with van der Waals surface area (Å²) in [6.07, 6.45) is 0.415. The lowest BCUT2D eigenvalue weighted by Crippen LogP contribution is -2.46. The lowest BCUT2D eigenvalue weighted by atomic mass is 10.1. The van der Waals surface area contributed by atoms with Crippen molar-refractivity contribution in [3.05, 3.63) is 35.4 Å². The molecule has 0 aromatic heterocycles. The Morgan fingerprint density at radius 1 is 1.18 bits per heavy atom. The van der Waals surface area contributed by atoms with Gasteiger partial charge in [-0.05, 0) is 18.2 Å². The molecule has 2 fully saturated rings. The van der Waals surface area contributed by atoms with Crippen molar-refractivity contribution >= 4 is 5.91 Å². The Balaban J connectivity index is 1.70. The molecule has 22 heavy (non-hydrogen) atoms. The summed E-state index contributed by atoms with van der Waals surface area (Å²) in [4.78, 5) is 17.0. The monoisotopic (exact) mass is 304 g/mol. The molecule has 5 heteroatoms. The maximum absolute atomic E-state index is 12.7. The van der Waals surface area contributed by atoms with Crippen molar-refractivity contribution in [2.75, 3.05) is 39.9 Å². The minimum Gasteiger partial charge on any atom is -0.392 e. The minimum atomic E-state index is 0.0355. The van der Waals surface area contributed by atoms with Crippen LogP contribution in [0.15, 0.2) is 24.3 Å². The van der Waals surface area contributed by atoms with Gasteiger partial charge in [0.05, 0.1) is 32.3 Å². The number of nitrogens with zero attached hydrogens (tertiary/aromatic N) is 2. The largest absolute Gasteiger partial charge is 0.392 e. The average Bonchev–Trinajstić information content (AvgIpc) is 2.78. The zero-order valence-corrected chi connectivity index (χ0v) is 13.1. The van der Waals surface area contributed by atoms with Crippen LogP contribution in [-0.4, -0.2) is 66.8 Å². The first-order chi connectivity index (χ1) is 10.7. The van der Waals surface area contributed by atoms with Crippen molar-refractivity contribution in [2.45, 2.75) is 19.1 Å². The lowest BCUT2D eigenvalue weighted by molar-refractivity contribution is -0.133. The van der Waals surface area contributed by atoms with Crippen LogP contribution in [0.5, 0.6) is 0 Å². The third kappa shape index (κ3) is 3.48. The Hall–Kier alpha value is -1.43. The van der Waals surface area contributed by atoms with Crippen LogP contribution in [0.2, 0.25) is 0 Å². The highest BCUT2D eigenvalue weighted by Crippen LogP contribution is 2.20. The summed E-state index contributed by atoms with van der Waals surface area (Å²) in [6.45, 7) is 4.08. The molecule has 0 unspecified atom stereocenters. The highest BCUT2D eigenvalue weighted by molar-refractivity contribution is 5.79. The first-order valence-electron chi connectivity index (χ1n) is 7.90. The molecule has 2 aliphatic heterocycles. The van der Waals surface area contributed by atoms with Crippen molar-refractivity contribution in [1.29, 1.82) is 0 Å². The Morgan fingerprint density at radius 3 is 2.64 bits per heavy atom. The number of rotatable bonds is 3. The summed E-state index contributed by atoms with van der Waals surface area (Å²) in [7, 11) is 2.12. The number of aliphatic hydroxyl groups is 1. The second kappa shape index (κ2) is 6.77. The first-order valence-corrected chi connectivity index (χ1v) is 7.90. The minimum absolute atomic E-state index is 0.0355. The topological polar surface area (TPSA) is 53.0 Å². The van der Waals surface area contributed by atoms with Gasteiger partial charge in [0, 0.05) is 25.6 Å². The Kier molecular flexibility index (Phi) is 4.76. The number of benzene rings is 1. The fourth-order valence-electron chi connectivity index (χ4n) is 3.42. The smallest absolute Gasteiger partial charge is 0.227 e. The summed E-state index contributed by atoms with van der Waals surface area (Å²) in [5.41, 5.74) is 1.87. The van der Waals surface area contributed by atoms with Crippen molar-refractivity contribution in [1.82, 2.24) is 9.80 Å². The van der Waals surface area contributed by atoms with Crippen molar-refractivity contribution in [3.8, 4) is 0 Å². The van der Waals surface area contributed by atoms with Crippen LogP contribution in [0.1, 0.15) is 11.1 Å². The molecule has 5 nitrogen and oxygen atoms in total. The van der Waals surface area contributed by atoms with E-state index in [0.29, 0.717) is 18.9 Å². The van der Waals surface area contributed by atoms with E-state index in [0.717, 1.165) is 37.4 Å². The van der Waals surface area contributed by atoms with E-state index in [1.165, 1.54) is 0 Å². The number of amides is 1. The lowest BCUT2D eigenvalue weighted by Gasteiger charge is -2.29.